The Labute approximate surface area is 115 Å². The van der Waals surface area contributed by atoms with E-state index in [4.69, 9.17) is 0 Å². The van der Waals surface area contributed by atoms with Crippen molar-refractivity contribution in [1.29, 1.82) is 0 Å². The van der Waals surface area contributed by atoms with Crippen molar-refractivity contribution in [1.82, 2.24) is 10.2 Å². The Hall–Kier alpha value is -0.0800. The molecule has 18 heavy (non-hydrogen) atoms. The van der Waals surface area contributed by atoms with E-state index < -0.39 is 0 Å². The summed E-state index contributed by atoms with van der Waals surface area (Å²) in [6.07, 6.45) is 6.86. The molecule has 2 heteroatoms. The summed E-state index contributed by atoms with van der Waals surface area (Å²) in [5.41, 5.74) is 0. The molecule has 1 saturated heterocycles. The molecule has 0 radical (unpaired) electrons. The molecule has 0 aromatic rings. The average Bonchev–Trinajstić information content (AvgIpc) is 2.59. The van der Waals surface area contributed by atoms with Crippen LogP contribution < -0.4 is 5.32 Å². The molecule has 108 valence electrons. The summed E-state index contributed by atoms with van der Waals surface area (Å²) in [5, 5.41) is 3.62. The lowest BCUT2D eigenvalue weighted by Gasteiger charge is -2.34. The van der Waals surface area contributed by atoms with E-state index in [1.165, 1.54) is 51.7 Å². The molecule has 0 aliphatic carbocycles. The fraction of sp³-hybridized carbons (Fsp3) is 1.00. The molecular formula is C16H34N2. The van der Waals surface area contributed by atoms with Crippen LogP contribution in [-0.2, 0) is 0 Å². The first-order valence-corrected chi connectivity index (χ1v) is 8.13. The molecule has 2 unspecified atom stereocenters. The molecule has 0 saturated carbocycles. The predicted octanol–water partition coefficient (Wildman–Crippen LogP) is 3.52. The Kier molecular flexibility index (Phi) is 7.92. The van der Waals surface area contributed by atoms with Gasteiger partial charge in [-0.15, -0.1) is 0 Å². The summed E-state index contributed by atoms with van der Waals surface area (Å²) < 4.78 is 0. The van der Waals surface area contributed by atoms with Gasteiger partial charge >= 0.3 is 0 Å². The van der Waals surface area contributed by atoms with Gasteiger partial charge in [0.15, 0.2) is 0 Å². The topological polar surface area (TPSA) is 15.3 Å². The Morgan fingerprint density at radius 3 is 2.56 bits per heavy atom. The van der Waals surface area contributed by atoms with Crippen molar-refractivity contribution in [3.05, 3.63) is 0 Å². The Balaban J connectivity index is 2.45. The van der Waals surface area contributed by atoms with Gasteiger partial charge in [0.25, 0.3) is 0 Å². The van der Waals surface area contributed by atoms with E-state index in [9.17, 15) is 0 Å². The van der Waals surface area contributed by atoms with Crippen LogP contribution in [0.15, 0.2) is 0 Å². The Morgan fingerprint density at radius 1 is 1.17 bits per heavy atom. The van der Waals surface area contributed by atoms with E-state index >= 15 is 0 Å². The number of likely N-dealkylation sites (tertiary alicyclic amines) is 1. The second-order valence-corrected chi connectivity index (χ2v) is 6.26. The Bertz CT molecular complexity index is 203. The highest BCUT2D eigenvalue weighted by molar-refractivity contribution is 4.80. The molecule has 1 fully saturated rings. The van der Waals surface area contributed by atoms with Crippen molar-refractivity contribution >= 4 is 0 Å². The normalized spacial score (nSPS) is 24.2. The quantitative estimate of drug-likeness (QED) is 0.699. The minimum Gasteiger partial charge on any atom is -0.315 e. The monoisotopic (exact) mass is 254 g/mol. The van der Waals surface area contributed by atoms with Crippen LogP contribution in [0.1, 0.15) is 59.8 Å². The Morgan fingerprint density at radius 2 is 1.94 bits per heavy atom. The van der Waals surface area contributed by atoms with E-state index in [1.807, 2.05) is 0 Å². The summed E-state index contributed by atoms with van der Waals surface area (Å²) in [5.74, 6) is 1.74. The number of nitrogens with zero attached hydrogens (tertiary/aromatic N) is 1. The molecule has 1 aliphatic heterocycles. The van der Waals surface area contributed by atoms with Gasteiger partial charge in [-0.1, -0.05) is 34.1 Å². The van der Waals surface area contributed by atoms with Gasteiger partial charge in [-0.05, 0) is 57.2 Å². The third-order valence-corrected chi connectivity index (χ3v) is 4.48. The average molecular weight is 254 g/mol. The van der Waals surface area contributed by atoms with Crippen LogP contribution in [0.25, 0.3) is 0 Å². The smallest absolute Gasteiger partial charge is 0.0243 e. The number of rotatable bonds is 7. The standard InChI is InChI=1S/C16H34N2/c1-5-10-17-13-16(14(3)4)18-11-7-8-15(6-2)9-12-18/h14-17H,5-13H2,1-4H3. The lowest BCUT2D eigenvalue weighted by molar-refractivity contribution is 0.155. The van der Waals surface area contributed by atoms with E-state index in [0.717, 1.165) is 24.4 Å². The van der Waals surface area contributed by atoms with Crippen LogP contribution in [-0.4, -0.2) is 37.1 Å². The molecule has 1 aliphatic rings. The highest BCUT2D eigenvalue weighted by atomic mass is 15.2. The van der Waals surface area contributed by atoms with Crippen LogP contribution >= 0.6 is 0 Å². The molecule has 0 amide bonds. The number of hydrogen-bond acceptors (Lipinski definition) is 2. The molecule has 2 atom stereocenters. The third kappa shape index (κ3) is 5.27. The molecule has 0 spiro atoms. The van der Waals surface area contributed by atoms with Crippen LogP contribution in [0.4, 0.5) is 0 Å². The molecule has 1 N–H and O–H groups in total. The van der Waals surface area contributed by atoms with Crippen LogP contribution in [0, 0.1) is 11.8 Å². The summed E-state index contributed by atoms with van der Waals surface area (Å²) >= 11 is 0. The van der Waals surface area contributed by atoms with Gasteiger partial charge in [0.05, 0.1) is 0 Å². The SMILES string of the molecule is CCCNCC(C(C)C)N1CCCC(CC)CC1. The minimum atomic E-state index is 0.729. The summed E-state index contributed by atoms with van der Waals surface area (Å²) in [7, 11) is 0. The minimum absolute atomic E-state index is 0.729. The van der Waals surface area contributed by atoms with Crippen LogP contribution in [0.3, 0.4) is 0 Å². The van der Waals surface area contributed by atoms with Crippen molar-refractivity contribution in [2.75, 3.05) is 26.2 Å². The maximum atomic E-state index is 3.62. The van der Waals surface area contributed by atoms with E-state index in [2.05, 4.69) is 37.9 Å². The van der Waals surface area contributed by atoms with Gasteiger partial charge in [-0.25, -0.2) is 0 Å². The van der Waals surface area contributed by atoms with Gasteiger partial charge in [-0.2, -0.15) is 0 Å². The van der Waals surface area contributed by atoms with Crippen molar-refractivity contribution in [2.24, 2.45) is 11.8 Å². The second-order valence-electron chi connectivity index (χ2n) is 6.26. The highest BCUT2D eigenvalue weighted by Crippen LogP contribution is 2.23. The molecule has 1 rings (SSSR count). The van der Waals surface area contributed by atoms with Gasteiger partial charge < -0.3 is 5.32 Å². The maximum Gasteiger partial charge on any atom is 0.0243 e. The fourth-order valence-electron chi connectivity index (χ4n) is 3.14. The van der Waals surface area contributed by atoms with Crippen molar-refractivity contribution in [2.45, 2.75) is 65.8 Å². The molecule has 0 aromatic carbocycles. The second kappa shape index (κ2) is 8.92. The van der Waals surface area contributed by atoms with Crippen LogP contribution in [0.5, 0.6) is 0 Å². The maximum absolute atomic E-state index is 3.62. The fourth-order valence-corrected chi connectivity index (χ4v) is 3.14. The van der Waals surface area contributed by atoms with Gasteiger partial charge in [0.1, 0.15) is 0 Å². The molecular weight excluding hydrogens is 220 g/mol. The predicted molar refractivity (Wildman–Crippen MR) is 81.0 cm³/mol. The van der Waals surface area contributed by atoms with Crippen molar-refractivity contribution in [3.8, 4) is 0 Å². The van der Waals surface area contributed by atoms with Gasteiger partial charge in [0.2, 0.25) is 0 Å². The van der Waals surface area contributed by atoms with Crippen molar-refractivity contribution < 1.29 is 0 Å². The first kappa shape index (κ1) is 16.0. The van der Waals surface area contributed by atoms with E-state index in [0.29, 0.717) is 0 Å². The first-order chi connectivity index (χ1) is 8.69. The number of hydrogen-bond donors (Lipinski definition) is 1. The van der Waals surface area contributed by atoms with Gasteiger partial charge in [-0.3, -0.25) is 4.90 Å². The summed E-state index contributed by atoms with van der Waals surface area (Å²) in [4.78, 5) is 2.75. The lowest BCUT2D eigenvalue weighted by Crippen LogP contribution is -2.46. The van der Waals surface area contributed by atoms with Crippen molar-refractivity contribution in [3.63, 3.8) is 0 Å². The third-order valence-electron chi connectivity index (χ3n) is 4.48. The summed E-state index contributed by atoms with van der Waals surface area (Å²) in [6, 6.07) is 0.729. The zero-order valence-electron chi connectivity index (χ0n) is 13.0. The first-order valence-electron chi connectivity index (χ1n) is 8.13. The van der Waals surface area contributed by atoms with Crippen LogP contribution in [0.2, 0.25) is 0 Å². The molecule has 2 nitrogen and oxygen atoms in total. The zero-order chi connectivity index (χ0) is 13.4. The summed E-state index contributed by atoms with van der Waals surface area (Å²) in [6.45, 7) is 14.3. The largest absolute Gasteiger partial charge is 0.315 e. The molecule has 0 bridgehead atoms. The molecule has 0 aromatic heterocycles. The zero-order valence-corrected chi connectivity index (χ0v) is 13.0. The molecule has 1 heterocycles. The van der Waals surface area contributed by atoms with E-state index in [1.54, 1.807) is 0 Å². The highest BCUT2D eigenvalue weighted by Gasteiger charge is 2.24. The van der Waals surface area contributed by atoms with E-state index in [-0.39, 0.29) is 0 Å². The lowest BCUT2D eigenvalue weighted by atomic mass is 9.98. The van der Waals surface area contributed by atoms with Gasteiger partial charge in [0, 0.05) is 12.6 Å². The number of nitrogens with one attached hydrogen (secondary N) is 1.